The predicted molar refractivity (Wildman–Crippen MR) is 69.5 cm³/mol. The van der Waals surface area contributed by atoms with Gasteiger partial charge in [-0.15, -0.1) is 0 Å². The molecule has 0 saturated heterocycles. The number of hydrogen-bond donors (Lipinski definition) is 2. The molecule has 6 nitrogen and oxygen atoms in total. The maximum atomic E-state index is 13.1. The van der Waals surface area contributed by atoms with E-state index in [4.69, 9.17) is 0 Å². The van der Waals surface area contributed by atoms with Crippen LogP contribution in [0.2, 0.25) is 0 Å². The SMILES string of the molecule is CCCCNC(=O)CNc1ccc(F)c([N+](=O)[O-])c1. The lowest BCUT2D eigenvalue weighted by Gasteiger charge is -2.07. The molecule has 0 heterocycles. The minimum absolute atomic E-state index is 0.00744. The molecule has 1 aromatic rings. The Labute approximate surface area is 110 Å². The molecular formula is C12H16FN3O3. The van der Waals surface area contributed by atoms with Crippen molar-refractivity contribution in [3.8, 4) is 0 Å². The molecule has 0 bridgehead atoms. The van der Waals surface area contributed by atoms with Crippen molar-refractivity contribution in [1.29, 1.82) is 0 Å². The highest BCUT2D eigenvalue weighted by Gasteiger charge is 2.14. The zero-order valence-electron chi connectivity index (χ0n) is 10.6. The van der Waals surface area contributed by atoms with Gasteiger partial charge in [0.2, 0.25) is 11.7 Å². The summed E-state index contributed by atoms with van der Waals surface area (Å²) in [6.07, 6.45) is 1.88. The van der Waals surface area contributed by atoms with Crippen molar-refractivity contribution < 1.29 is 14.1 Å². The molecule has 0 aliphatic carbocycles. The Morgan fingerprint density at radius 2 is 2.21 bits per heavy atom. The van der Waals surface area contributed by atoms with Crippen molar-refractivity contribution in [2.45, 2.75) is 19.8 Å². The number of nitro benzene ring substituents is 1. The Hall–Kier alpha value is -2.18. The molecule has 1 rings (SSSR count). The third-order valence-corrected chi connectivity index (χ3v) is 2.45. The average molecular weight is 269 g/mol. The summed E-state index contributed by atoms with van der Waals surface area (Å²) < 4.78 is 13.1. The van der Waals surface area contributed by atoms with Gasteiger partial charge < -0.3 is 10.6 Å². The molecule has 104 valence electrons. The van der Waals surface area contributed by atoms with Gasteiger partial charge in [-0.1, -0.05) is 13.3 Å². The zero-order chi connectivity index (χ0) is 14.3. The first-order chi connectivity index (χ1) is 9.04. The van der Waals surface area contributed by atoms with Gasteiger partial charge in [0.25, 0.3) is 0 Å². The van der Waals surface area contributed by atoms with Crippen molar-refractivity contribution in [1.82, 2.24) is 5.32 Å². The summed E-state index contributed by atoms with van der Waals surface area (Å²) in [5, 5.41) is 15.9. The normalized spacial score (nSPS) is 10.0. The second-order valence-electron chi connectivity index (χ2n) is 3.98. The van der Waals surface area contributed by atoms with Gasteiger partial charge in [-0.05, 0) is 18.6 Å². The molecule has 7 heteroatoms. The Kier molecular flexibility index (Phi) is 5.72. The number of halogens is 1. The summed E-state index contributed by atoms with van der Waals surface area (Å²) in [7, 11) is 0. The lowest BCUT2D eigenvalue weighted by molar-refractivity contribution is -0.387. The average Bonchev–Trinajstić information content (AvgIpc) is 2.37. The molecule has 0 aliphatic heterocycles. The minimum atomic E-state index is -0.900. The number of amides is 1. The molecular weight excluding hydrogens is 253 g/mol. The molecule has 0 fully saturated rings. The van der Waals surface area contributed by atoms with Gasteiger partial charge in [-0.3, -0.25) is 14.9 Å². The van der Waals surface area contributed by atoms with Crippen LogP contribution in [-0.4, -0.2) is 23.9 Å². The second kappa shape index (κ2) is 7.30. The highest BCUT2D eigenvalue weighted by molar-refractivity contribution is 5.80. The van der Waals surface area contributed by atoms with Crippen LogP contribution in [0.5, 0.6) is 0 Å². The lowest BCUT2D eigenvalue weighted by atomic mass is 10.2. The maximum absolute atomic E-state index is 13.1. The van der Waals surface area contributed by atoms with Crippen LogP contribution in [0.25, 0.3) is 0 Å². The van der Waals surface area contributed by atoms with E-state index >= 15 is 0 Å². The number of anilines is 1. The van der Waals surface area contributed by atoms with Crippen molar-refractivity contribution >= 4 is 17.3 Å². The van der Waals surface area contributed by atoms with Gasteiger partial charge in [-0.25, -0.2) is 0 Å². The first-order valence-corrected chi connectivity index (χ1v) is 5.99. The van der Waals surface area contributed by atoms with E-state index in [9.17, 15) is 19.3 Å². The fourth-order valence-electron chi connectivity index (χ4n) is 1.41. The van der Waals surface area contributed by atoms with Crippen LogP contribution in [0.3, 0.4) is 0 Å². The summed E-state index contributed by atoms with van der Waals surface area (Å²) in [5.74, 6) is -1.11. The quantitative estimate of drug-likeness (QED) is 0.451. The number of nitrogens with zero attached hydrogens (tertiary/aromatic N) is 1. The third-order valence-electron chi connectivity index (χ3n) is 2.45. The number of nitrogens with one attached hydrogen (secondary N) is 2. The molecule has 0 spiro atoms. The van der Waals surface area contributed by atoms with Crippen LogP contribution < -0.4 is 10.6 Å². The first-order valence-electron chi connectivity index (χ1n) is 5.99. The van der Waals surface area contributed by atoms with Gasteiger partial charge in [0.15, 0.2) is 0 Å². The summed E-state index contributed by atoms with van der Waals surface area (Å²) in [5.41, 5.74) is -0.282. The topological polar surface area (TPSA) is 84.3 Å². The van der Waals surface area contributed by atoms with Crippen molar-refractivity contribution in [2.24, 2.45) is 0 Å². The number of carbonyl (C=O) groups excluding carboxylic acids is 1. The maximum Gasteiger partial charge on any atom is 0.306 e. The van der Waals surface area contributed by atoms with Crippen molar-refractivity contribution in [3.05, 3.63) is 34.1 Å². The molecule has 2 N–H and O–H groups in total. The molecule has 0 unspecified atom stereocenters. The van der Waals surface area contributed by atoms with E-state index in [1.165, 1.54) is 6.07 Å². The number of hydrogen-bond acceptors (Lipinski definition) is 4. The smallest absolute Gasteiger partial charge is 0.306 e. The first kappa shape index (κ1) is 14.9. The monoisotopic (exact) mass is 269 g/mol. The number of benzene rings is 1. The molecule has 0 aliphatic rings. The standard InChI is InChI=1S/C12H16FN3O3/c1-2-3-6-14-12(17)8-15-9-4-5-10(13)11(7-9)16(18)19/h4-5,7,15H,2-3,6,8H2,1H3,(H,14,17). The molecule has 0 aromatic heterocycles. The van der Waals surface area contributed by atoms with Crippen LogP contribution in [0.4, 0.5) is 15.8 Å². The second-order valence-corrected chi connectivity index (χ2v) is 3.98. The van der Waals surface area contributed by atoms with E-state index in [-0.39, 0.29) is 12.5 Å². The van der Waals surface area contributed by atoms with Gasteiger partial charge in [0.1, 0.15) is 0 Å². The fraction of sp³-hybridized carbons (Fsp3) is 0.417. The predicted octanol–water partition coefficient (Wildman–Crippen LogP) is 2.06. The number of unbranched alkanes of at least 4 members (excludes halogenated alkanes) is 1. The van der Waals surface area contributed by atoms with Crippen LogP contribution in [0.1, 0.15) is 19.8 Å². The largest absolute Gasteiger partial charge is 0.376 e. The lowest BCUT2D eigenvalue weighted by Crippen LogP contribution is -2.30. The van der Waals surface area contributed by atoms with Gasteiger partial charge in [0.05, 0.1) is 11.5 Å². The zero-order valence-corrected chi connectivity index (χ0v) is 10.6. The van der Waals surface area contributed by atoms with Crippen LogP contribution in [0, 0.1) is 15.9 Å². The van der Waals surface area contributed by atoms with Crippen LogP contribution in [0.15, 0.2) is 18.2 Å². The number of rotatable bonds is 7. The van der Waals surface area contributed by atoms with Crippen LogP contribution >= 0.6 is 0 Å². The summed E-state index contributed by atoms with van der Waals surface area (Å²) in [6.45, 7) is 2.61. The fourth-order valence-corrected chi connectivity index (χ4v) is 1.41. The van der Waals surface area contributed by atoms with E-state index in [0.717, 1.165) is 25.0 Å². The summed E-state index contributed by atoms with van der Waals surface area (Å²) in [6, 6.07) is 3.41. The summed E-state index contributed by atoms with van der Waals surface area (Å²) >= 11 is 0. The molecule has 0 saturated carbocycles. The third kappa shape index (κ3) is 4.90. The molecule has 0 radical (unpaired) electrons. The van der Waals surface area contributed by atoms with Gasteiger partial charge >= 0.3 is 5.69 Å². The molecule has 0 atom stereocenters. The minimum Gasteiger partial charge on any atom is -0.376 e. The highest BCUT2D eigenvalue weighted by Crippen LogP contribution is 2.21. The van der Waals surface area contributed by atoms with E-state index in [1.54, 1.807) is 0 Å². The molecule has 1 amide bonds. The Bertz CT molecular complexity index is 466. The molecule has 1 aromatic carbocycles. The number of carbonyl (C=O) groups is 1. The van der Waals surface area contributed by atoms with Crippen LogP contribution in [-0.2, 0) is 4.79 Å². The Balaban J connectivity index is 2.51. The highest BCUT2D eigenvalue weighted by atomic mass is 19.1. The van der Waals surface area contributed by atoms with Crippen molar-refractivity contribution in [3.63, 3.8) is 0 Å². The Morgan fingerprint density at radius 1 is 1.47 bits per heavy atom. The van der Waals surface area contributed by atoms with E-state index in [1.807, 2.05) is 6.92 Å². The Morgan fingerprint density at radius 3 is 2.84 bits per heavy atom. The molecule has 19 heavy (non-hydrogen) atoms. The number of nitro groups is 1. The van der Waals surface area contributed by atoms with Crippen molar-refractivity contribution in [2.75, 3.05) is 18.4 Å². The van der Waals surface area contributed by atoms with Gasteiger partial charge in [0, 0.05) is 18.3 Å². The van der Waals surface area contributed by atoms with E-state index in [2.05, 4.69) is 10.6 Å². The van der Waals surface area contributed by atoms with E-state index in [0.29, 0.717) is 12.2 Å². The summed E-state index contributed by atoms with van der Waals surface area (Å²) in [4.78, 5) is 21.1. The van der Waals surface area contributed by atoms with Gasteiger partial charge in [-0.2, -0.15) is 4.39 Å². The van der Waals surface area contributed by atoms with E-state index < -0.39 is 16.4 Å².